The van der Waals surface area contributed by atoms with Gasteiger partial charge in [-0.3, -0.25) is 4.79 Å². The first-order valence-electron chi connectivity index (χ1n) is 7.90. The lowest BCUT2D eigenvalue weighted by molar-refractivity contribution is -0.123. The van der Waals surface area contributed by atoms with E-state index in [1.807, 2.05) is 6.07 Å². The van der Waals surface area contributed by atoms with Gasteiger partial charge >= 0.3 is 0 Å². The standard InChI is InChI=1S/C19H17FN2O4/c1-24-16-8-4-5-9-17(16)25-12-19(23)21-11-13-10-18(26-22-13)14-6-2-3-7-15(14)20/h2-10H,11-12H2,1H3,(H,21,23). The van der Waals surface area contributed by atoms with E-state index in [1.54, 1.807) is 42.5 Å². The van der Waals surface area contributed by atoms with Crippen molar-refractivity contribution < 1.29 is 23.2 Å². The Morgan fingerprint density at radius 2 is 1.88 bits per heavy atom. The van der Waals surface area contributed by atoms with Crippen molar-refractivity contribution in [3.05, 3.63) is 66.1 Å². The summed E-state index contributed by atoms with van der Waals surface area (Å²) in [4.78, 5) is 11.9. The molecule has 0 aliphatic carbocycles. The Morgan fingerprint density at radius 1 is 1.15 bits per heavy atom. The highest BCUT2D eigenvalue weighted by molar-refractivity contribution is 5.77. The van der Waals surface area contributed by atoms with E-state index in [0.29, 0.717) is 28.5 Å². The molecule has 1 aromatic heterocycles. The Balaban J connectivity index is 1.53. The van der Waals surface area contributed by atoms with Crippen LogP contribution in [0.5, 0.6) is 11.5 Å². The van der Waals surface area contributed by atoms with E-state index in [9.17, 15) is 9.18 Å². The maximum atomic E-state index is 13.7. The monoisotopic (exact) mass is 356 g/mol. The van der Waals surface area contributed by atoms with Gasteiger partial charge in [0.05, 0.1) is 19.2 Å². The number of rotatable bonds is 7. The van der Waals surface area contributed by atoms with Gasteiger partial charge in [0, 0.05) is 6.07 Å². The minimum absolute atomic E-state index is 0.145. The normalized spacial score (nSPS) is 10.4. The number of halogens is 1. The van der Waals surface area contributed by atoms with E-state index in [-0.39, 0.29) is 19.1 Å². The van der Waals surface area contributed by atoms with Crippen LogP contribution in [0.1, 0.15) is 5.69 Å². The van der Waals surface area contributed by atoms with E-state index >= 15 is 0 Å². The van der Waals surface area contributed by atoms with Crippen LogP contribution in [0.2, 0.25) is 0 Å². The van der Waals surface area contributed by atoms with E-state index in [1.165, 1.54) is 13.2 Å². The second-order valence-electron chi connectivity index (χ2n) is 5.38. The largest absolute Gasteiger partial charge is 0.493 e. The molecule has 3 aromatic rings. The fraction of sp³-hybridized carbons (Fsp3) is 0.158. The summed E-state index contributed by atoms with van der Waals surface area (Å²) < 4.78 is 29.5. The lowest BCUT2D eigenvalue weighted by Gasteiger charge is -2.09. The first-order chi connectivity index (χ1) is 12.7. The zero-order valence-corrected chi connectivity index (χ0v) is 14.1. The average molecular weight is 356 g/mol. The van der Waals surface area contributed by atoms with Gasteiger partial charge in [0.15, 0.2) is 23.9 Å². The molecule has 7 heteroatoms. The van der Waals surface area contributed by atoms with Crippen molar-refractivity contribution in [3.63, 3.8) is 0 Å². The highest BCUT2D eigenvalue weighted by Gasteiger charge is 2.12. The third kappa shape index (κ3) is 4.18. The Morgan fingerprint density at radius 3 is 2.65 bits per heavy atom. The molecule has 0 aliphatic rings. The fourth-order valence-electron chi connectivity index (χ4n) is 2.30. The number of hydrogen-bond donors (Lipinski definition) is 1. The van der Waals surface area contributed by atoms with Crippen molar-refractivity contribution in [2.24, 2.45) is 0 Å². The molecule has 6 nitrogen and oxygen atoms in total. The summed E-state index contributed by atoms with van der Waals surface area (Å²) in [5, 5.41) is 6.50. The molecule has 1 amide bonds. The second-order valence-corrected chi connectivity index (χ2v) is 5.38. The van der Waals surface area contributed by atoms with Crippen molar-refractivity contribution in [1.82, 2.24) is 10.5 Å². The number of methoxy groups -OCH3 is 1. The average Bonchev–Trinajstić information content (AvgIpc) is 3.14. The van der Waals surface area contributed by atoms with Crippen molar-refractivity contribution in [2.45, 2.75) is 6.54 Å². The van der Waals surface area contributed by atoms with Crippen molar-refractivity contribution >= 4 is 5.91 Å². The maximum absolute atomic E-state index is 13.7. The Kier molecular flexibility index (Phi) is 5.48. The Hall–Kier alpha value is -3.35. The lowest BCUT2D eigenvalue weighted by Crippen LogP contribution is -2.28. The van der Waals surface area contributed by atoms with Gasteiger partial charge in [-0.15, -0.1) is 0 Å². The Labute approximate surface area is 149 Å². The van der Waals surface area contributed by atoms with E-state index in [0.717, 1.165) is 0 Å². The number of nitrogens with one attached hydrogen (secondary N) is 1. The number of nitrogens with zero attached hydrogens (tertiary/aromatic N) is 1. The number of ether oxygens (including phenoxy) is 2. The topological polar surface area (TPSA) is 73.6 Å². The third-order valence-corrected chi connectivity index (χ3v) is 3.59. The molecule has 0 aliphatic heterocycles. The van der Waals surface area contributed by atoms with Crippen molar-refractivity contribution in [3.8, 4) is 22.8 Å². The predicted octanol–water partition coefficient (Wildman–Crippen LogP) is 3.18. The van der Waals surface area contributed by atoms with Crippen LogP contribution in [0.4, 0.5) is 4.39 Å². The molecule has 2 aromatic carbocycles. The summed E-state index contributed by atoms with van der Waals surface area (Å²) in [6.45, 7) is -0.0233. The third-order valence-electron chi connectivity index (χ3n) is 3.59. The number of carbonyl (C=O) groups is 1. The number of aromatic nitrogens is 1. The first kappa shape index (κ1) is 17.5. The smallest absolute Gasteiger partial charge is 0.258 e. The number of para-hydroxylation sites is 2. The van der Waals surface area contributed by atoms with Gasteiger partial charge in [0.2, 0.25) is 0 Å². The summed E-state index contributed by atoms with van der Waals surface area (Å²) in [6.07, 6.45) is 0. The Bertz CT molecular complexity index is 895. The lowest BCUT2D eigenvalue weighted by atomic mass is 10.1. The summed E-state index contributed by atoms with van der Waals surface area (Å²) in [5.74, 6) is 0.605. The number of carbonyl (C=O) groups excluding carboxylic acids is 1. The number of benzene rings is 2. The molecular weight excluding hydrogens is 339 g/mol. The summed E-state index contributed by atoms with van der Waals surface area (Å²) >= 11 is 0. The molecule has 0 saturated carbocycles. The molecule has 0 bridgehead atoms. The zero-order chi connectivity index (χ0) is 18.4. The highest BCUT2D eigenvalue weighted by Crippen LogP contribution is 2.25. The molecule has 0 unspecified atom stereocenters. The van der Waals surface area contributed by atoms with Crippen LogP contribution in [0, 0.1) is 5.82 Å². The van der Waals surface area contributed by atoms with Crippen LogP contribution in [0.15, 0.2) is 59.1 Å². The second kappa shape index (κ2) is 8.15. The van der Waals surface area contributed by atoms with Crippen LogP contribution in [-0.4, -0.2) is 24.8 Å². The van der Waals surface area contributed by atoms with Gasteiger partial charge in [0.25, 0.3) is 5.91 Å². The molecule has 1 N–H and O–H groups in total. The summed E-state index contributed by atoms with van der Waals surface area (Å²) in [6, 6.07) is 14.9. The van der Waals surface area contributed by atoms with Crippen molar-refractivity contribution in [1.29, 1.82) is 0 Å². The zero-order valence-electron chi connectivity index (χ0n) is 14.1. The summed E-state index contributed by atoms with van der Waals surface area (Å²) in [7, 11) is 1.53. The van der Waals surface area contributed by atoms with Crippen LogP contribution >= 0.6 is 0 Å². The molecule has 0 fully saturated rings. The quantitative estimate of drug-likeness (QED) is 0.704. The van der Waals surface area contributed by atoms with Crippen LogP contribution < -0.4 is 14.8 Å². The molecule has 134 valence electrons. The van der Waals surface area contributed by atoms with Gasteiger partial charge in [0.1, 0.15) is 11.5 Å². The van der Waals surface area contributed by atoms with E-state index in [2.05, 4.69) is 10.5 Å². The minimum atomic E-state index is -0.399. The highest BCUT2D eigenvalue weighted by atomic mass is 19.1. The van der Waals surface area contributed by atoms with Gasteiger partial charge in [-0.25, -0.2) is 4.39 Å². The first-order valence-corrected chi connectivity index (χ1v) is 7.90. The van der Waals surface area contributed by atoms with Crippen LogP contribution in [-0.2, 0) is 11.3 Å². The van der Waals surface area contributed by atoms with E-state index in [4.69, 9.17) is 14.0 Å². The fourth-order valence-corrected chi connectivity index (χ4v) is 2.30. The molecule has 0 saturated heterocycles. The van der Waals surface area contributed by atoms with E-state index < -0.39 is 5.82 Å². The maximum Gasteiger partial charge on any atom is 0.258 e. The number of hydrogen-bond acceptors (Lipinski definition) is 5. The molecule has 0 atom stereocenters. The molecule has 3 rings (SSSR count). The SMILES string of the molecule is COc1ccccc1OCC(=O)NCc1cc(-c2ccccc2F)on1. The van der Waals surface area contributed by atoms with Crippen LogP contribution in [0.3, 0.4) is 0 Å². The molecule has 1 heterocycles. The van der Waals surface area contributed by atoms with Gasteiger partial charge < -0.3 is 19.3 Å². The van der Waals surface area contributed by atoms with Crippen molar-refractivity contribution in [2.75, 3.05) is 13.7 Å². The van der Waals surface area contributed by atoms with Crippen LogP contribution in [0.25, 0.3) is 11.3 Å². The number of amides is 1. The molecular formula is C19H17FN2O4. The molecule has 26 heavy (non-hydrogen) atoms. The molecule has 0 spiro atoms. The van der Waals surface area contributed by atoms with Gasteiger partial charge in [-0.05, 0) is 24.3 Å². The van der Waals surface area contributed by atoms with Gasteiger partial charge in [-0.2, -0.15) is 0 Å². The molecule has 0 radical (unpaired) electrons. The minimum Gasteiger partial charge on any atom is -0.493 e. The summed E-state index contributed by atoms with van der Waals surface area (Å²) in [5.41, 5.74) is 0.797. The predicted molar refractivity (Wildman–Crippen MR) is 92.2 cm³/mol. The van der Waals surface area contributed by atoms with Gasteiger partial charge in [-0.1, -0.05) is 29.4 Å².